The zero-order valence-electron chi connectivity index (χ0n) is 15.1. The van der Waals surface area contributed by atoms with Gasteiger partial charge < -0.3 is 15.5 Å². The summed E-state index contributed by atoms with van der Waals surface area (Å²) >= 11 is 0. The first-order chi connectivity index (χ1) is 12.6. The molecule has 140 valence electrons. The minimum atomic E-state index is -0.261. The second kappa shape index (κ2) is 8.83. The van der Waals surface area contributed by atoms with E-state index in [1.54, 1.807) is 0 Å². The predicted octanol–water partition coefficient (Wildman–Crippen LogP) is 1.25. The number of hydrogen-bond donors (Lipinski definition) is 2. The van der Waals surface area contributed by atoms with Crippen LogP contribution in [0, 0.1) is 5.92 Å². The smallest absolute Gasteiger partial charge is 0.225 e. The summed E-state index contributed by atoms with van der Waals surface area (Å²) in [7, 11) is 0. The van der Waals surface area contributed by atoms with Crippen molar-refractivity contribution < 1.29 is 14.4 Å². The molecule has 2 N–H and O–H groups in total. The van der Waals surface area contributed by atoms with E-state index >= 15 is 0 Å². The Hall–Kier alpha value is -2.37. The molecule has 3 amide bonds. The zero-order valence-corrected chi connectivity index (χ0v) is 15.1. The molecule has 0 spiro atoms. The van der Waals surface area contributed by atoms with Gasteiger partial charge in [-0.05, 0) is 18.4 Å². The molecular formula is C20H27N3O3. The van der Waals surface area contributed by atoms with Crippen LogP contribution in [0.4, 0.5) is 0 Å². The van der Waals surface area contributed by atoms with E-state index in [1.807, 2.05) is 35.2 Å². The molecule has 1 aliphatic carbocycles. The van der Waals surface area contributed by atoms with E-state index in [2.05, 4.69) is 10.6 Å². The van der Waals surface area contributed by atoms with Crippen molar-refractivity contribution in [3.8, 4) is 0 Å². The Kier molecular flexibility index (Phi) is 6.26. The molecule has 1 saturated heterocycles. The van der Waals surface area contributed by atoms with Crippen molar-refractivity contribution in [3.05, 3.63) is 35.9 Å². The van der Waals surface area contributed by atoms with Crippen LogP contribution in [0.25, 0.3) is 0 Å². The lowest BCUT2D eigenvalue weighted by Gasteiger charge is -2.23. The summed E-state index contributed by atoms with van der Waals surface area (Å²) < 4.78 is 0. The quantitative estimate of drug-likeness (QED) is 0.721. The molecule has 1 saturated carbocycles. The number of hydrogen-bond acceptors (Lipinski definition) is 3. The lowest BCUT2D eigenvalue weighted by atomic mass is 10.1. The molecule has 0 aromatic heterocycles. The van der Waals surface area contributed by atoms with Gasteiger partial charge in [0.15, 0.2) is 0 Å². The molecule has 1 heterocycles. The van der Waals surface area contributed by atoms with Crippen LogP contribution in [0.1, 0.15) is 37.7 Å². The van der Waals surface area contributed by atoms with Gasteiger partial charge in [-0.15, -0.1) is 0 Å². The zero-order chi connectivity index (χ0) is 18.4. The van der Waals surface area contributed by atoms with E-state index in [9.17, 15) is 14.4 Å². The predicted molar refractivity (Wildman–Crippen MR) is 98.2 cm³/mol. The third-order valence-electron chi connectivity index (χ3n) is 5.25. The van der Waals surface area contributed by atoms with E-state index in [-0.39, 0.29) is 23.6 Å². The number of benzene rings is 1. The van der Waals surface area contributed by atoms with Gasteiger partial charge in [0.05, 0.1) is 12.3 Å². The van der Waals surface area contributed by atoms with E-state index in [1.165, 1.54) is 12.8 Å². The molecule has 2 aliphatic rings. The van der Waals surface area contributed by atoms with Gasteiger partial charge in [0.1, 0.15) is 0 Å². The number of nitrogens with one attached hydrogen (secondary N) is 2. The summed E-state index contributed by atoms with van der Waals surface area (Å²) in [6.45, 7) is 1.31. The highest BCUT2D eigenvalue weighted by Gasteiger charge is 2.38. The van der Waals surface area contributed by atoms with Gasteiger partial charge in [0, 0.05) is 32.1 Å². The van der Waals surface area contributed by atoms with Gasteiger partial charge in [-0.1, -0.05) is 43.2 Å². The standard InChI is InChI=1S/C20H27N3O3/c24-18(12-15-6-2-1-3-7-15)21-10-11-22-20(26)16-13-19(25)23(14-16)17-8-4-5-9-17/h1-3,6-7,16-17H,4-5,8-14H2,(H,21,24)(H,22,26). The van der Waals surface area contributed by atoms with Crippen molar-refractivity contribution in [2.75, 3.05) is 19.6 Å². The summed E-state index contributed by atoms with van der Waals surface area (Å²) in [6.07, 6.45) is 5.12. The van der Waals surface area contributed by atoms with Crippen LogP contribution in [-0.4, -0.2) is 48.3 Å². The van der Waals surface area contributed by atoms with E-state index in [0.29, 0.717) is 38.5 Å². The number of rotatable bonds is 7. The average molecular weight is 357 g/mol. The first kappa shape index (κ1) is 18.4. The van der Waals surface area contributed by atoms with E-state index in [4.69, 9.17) is 0 Å². The SMILES string of the molecule is O=C(Cc1ccccc1)NCCNC(=O)C1CC(=O)N(C2CCCC2)C1. The maximum Gasteiger partial charge on any atom is 0.225 e. The minimum absolute atomic E-state index is 0.0612. The number of carbonyl (C=O) groups is 3. The number of likely N-dealkylation sites (tertiary alicyclic amines) is 1. The molecule has 1 unspecified atom stereocenters. The molecule has 26 heavy (non-hydrogen) atoms. The highest BCUT2D eigenvalue weighted by Crippen LogP contribution is 2.29. The van der Waals surface area contributed by atoms with E-state index in [0.717, 1.165) is 18.4 Å². The Morgan fingerprint density at radius 2 is 1.73 bits per heavy atom. The third kappa shape index (κ3) is 4.84. The summed E-state index contributed by atoms with van der Waals surface area (Å²) in [6, 6.07) is 9.88. The minimum Gasteiger partial charge on any atom is -0.354 e. The molecule has 1 aromatic rings. The molecule has 1 aliphatic heterocycles. The highest BCUT2D eigenvalue weighted by molar-refractivity contribution is 5.89. The molecule has 1 aromatic carbocycles. The van der Waals surface area contributed by atoms with Crippen LogP contribution in [0.5, 0.6) is 0 Å². The fourth-order valence-corrected chi connectivity index (χ4v) is 3.85. The summed E-state index contributed by atoms with van der Waals surface area (Å²) in [4.78, 5) is 38.2. The maximum absolute atomic E-state index is 12.3. The molecule has 3 rings (SSSR count). The molecule has 0 bridgehead atoms. The van der Waals surface area contributed by atoms with Crippen molar-refractivity contribution in [3.63, 3.8) is 0 Å². The van der Waals surface area contributed by atoms with Gasteiger partial charge in [0.25, 0.3) is 0 Å². The van der Waals surface area contributed by atoms with Crippen molar-refractivity contribution >= 4 is 17.7 Å². The lowest BCUT2D eigenvalue weighted by Crippen LogP contribution is -2.39. The third-order valence-corrected chi connectivity index (χ3v) is 5.25. The van der Waals surface area contributed by atoms with Crippen LogP contribution >= 0.6 is 0 Å². The highest BCUT2D eigenvalue weighted by atomic mass is 16.2. The maximum atomic E-state index is 12.3. The van der Waals surface area contributed by atoms with Crippen LogP contribution < -0.4 is 10.6 Å². The van der Waals surface area contributed by atoms with Gasteiger partial charge >= 0.3 is 0 Å². The topological polar surface area (TPSA) is 78.5 Å². The van der Waals surface area contributed by atoms with Crippen molar-refractivity contribution in [1.29, 1.82) is 0 Å². The van der Waals surface area contributed by atoms with Crippen LogP contribution in [0.3, 0.4) is 0 Å². The van der Waals surface area contributed by atoms with Gasteiger partial charge in [0.2, 0.25) is 17.7 Å². The van der Waals surface area contributed by atoms with Gasteiger partial charge in [-0.2, -0.15) is 0 Å². The second-order valence-corrected chi connectivity index (χ2v) is 7.19. The van der Waals surface area contributed by atoms with Gasteiger partial charge in [-0.3, -0.25) is 14.4 Å². The summed E-state index contributed by atoms with van der Waals surface area (Å²) in [5.74, 6) is -0.304. The molecule has 6 heteroatoms. The fourth-order valence-electron chi connectivity index (χ4n) is 3.85. The molecule has 2 fully saturated rings. The second-order valence-electron chi connectivity index (χ2n) is 7.19. The Balaban J connectivity index is 1.34. The van der Waals surface area contributed by atoms with Crippen LogP contribution in [0.15, 0.2) is 30.3 Å². The summed E-state index contributed by atoms with van der Waals surface area (Å²) in [5, 5.41) is 5.65. The normalized spacial score (nSPS) is 20.4. The van der Waals surface area contributed by atoms with Crippen molar-refractivity contribution in [1.82, 2.24) is 15.5 Å². The molecular weight excluding hydrogens is 330 g/mol. The van der Waals surface area contributed by atoms with E-state index < -0.39 is 0 Å². The Labute approximate surface area is 154 Å². The lowest BCUT2D eigenvalue weighted by molar-refractivity contribution is -0.130. The van der Waals surface area contributed by atoms with Crippen LogP contribution in [-0.2, 0) is 20.8 Å². The molecule has 0 radical (unpaired) electrons. The first-order valence-corrected chi connectivity index (χ1v) is 9.51. The number of amides is 3. The largest absolute Gasteiger partial charge is 0.354 e. The average Bonchev–Trinajstić information content (AvgIpc) is 3.29. The number of nitrogens with zero attached hydrogens (tertiary/aromatic N) is 1. The Morgan fingerprint density at radius 1 is 1.04 bits per heavy atom. The number of carbonyl (C=O) groups excluding carboxylic acids is 3. The Morgan fingerprint density at radius 3 is 2.46 bits per heavy atom. The van der Waals surface area contributed by atoms with Crippen molar-refractivity contribution in [2.45, 2.75) is 44.6 Å². The Bertz CT molecular complexity index is 641. The monoisotopic (exact) mass is 357 g/mol. The van der Waals surface area contributed by atoms with Crippen molar-refractivity contribution in [2.24, 2.45) is 5.92 Å². The van der Waals surface area contributed by atoms with Gasteiger partial charge in [-0.25, -0.2) is 0 Å². The van der Waals surface area contributed by atoms with Crippen LogP contribution in [0.2, 0.25) is 0 Å². The molecule has 1 atom stereocenters. The summed E-state index contributed by atoms with van der Waals surface area (Å²) in [5.41, 5.74) is 0.963. The molecule has 6 nitrogen and oxygen atoms in total. The first-order valence-electron chi connectivity index (χ1n) is 9.51. The fraction of sp³-hybridized carbons (Fsp3) is 0.550.